The lowest BCUT2D eigenvalue weighted by molar-refractivity contribution is 0.318. The third-order valence-corrected chi connectivity index (χ3v) is 5.46. The number of thiazole rings is 1. The highest BCUT2D eigenvalue weighted by Crippen LogP contribution is 2.34. The molecule has 3 rings (SSSR count). The van der Waals surface area contributed by atoms with Crippen molar-refractivity contribution in [3.63, 3.8) is 0 Å². The molecule has 0 aliphatic carbocycles. The van der Waals surface area contributed by atoms with E-state index in [9.17, 15) is 0 Å². The van der Waals surface area contributed by atoms with Gasteiger partial charge in [-0.1, -0.05) is 42.3 Å². The van der Waals surface area contributed by atoms with Crippen molar-refractivity contribution in [1.82, 2.24) is 4.98 Å². The second-order valence-corrected chi connectivity index (χ2v) is 8.04. The predicted molar refractivity (Wildman–Crippen MR) is 120 cm³/mol. The molecule has 0 aliphatic rings. The second-order valence-electron chi connectivity index (χ2n) is 6.37. The highest BCUT2D eigenvalue weighted by atomic mass is 35.5. The molecule has 0 radical (unpaired) electrons. The largest absolute Gasteiger partial charge is 0.490 e. The Kier molecular flexibility index (Phi) is 6.94. The lowest BCUT2D eigenvalue weighted by atomic mass is 10.1. The number of rotatable bonds is 7. The molecule has 3 aromatic rings. The van der Waals surface area contributed by atoms with Crippen molar-refractivity contribution in [2.75, 3.05) is 12.0 Å². The molecule has 28 heavy (non-hydrogen) atoms. The van der Waals surface area contributed by atoms with Crippen LogP contribution in [0.3, 0.4) is 0 Å². The minimum Gasteiger partial charge on any atom is -0.490 e. The zero-order chi connectivity index (χ0) is 20.1. The Morgan fingerprint density at radius 2 is 1.89 bits per heavy atom. The minimum atomic E-state index is 0.466. The topological polar surface area (TPSA) is 46.5 Å². The lowest BCUT2D eigenvalue weighted by Gasteiger charge is -2.09. The Bertz CT molecular complexity index is 978. The van der Waals surface area contributed by atoms with Gasteiger partial charge in [0.2, 0.25) is 5.13 Å². The Morgan fingerprint density at radius 3 is 2.57 bits per heavy atom. The molecule has 0 aliphatic heterocycles. The van der Waals surface area contributed by atoms with Crippen molar-refractivity contribution in [3.8, 4) is 17.0 Å². The van der Waals surface area contributed by atoms with Gasteiger partial charge in [-0.25, -0.2) is 4.98 Å². The predicted octanol–water partition coefficient (Wildman–Crippen LogP) is 6.97. The number of hydrazone groups is 1. The van der Waals surface area contributed by atoms with Crippen molar-refractivity contribution in [1.29, 1.82) is 0 Å². The van der Waals surface area contributed by atoms with Gasteiger partial charge >= 0.3 is 0 Å². The van der Waals surface area contributed by atoms with Gasteiger partial charge in [0.15, 0.2) is 5.75 Å². The summed E-state index contributed by atoms with van der Waals surface area (Å²) >= 11 is 14.0. The number of nitrogens with one attached hydrogen (secondary N) is 1. The maximum atomic E-state index is 6.26. The van der Waals surface area contributed by atoms with Crippen molar-refractivity contribution in [2.45, 2.75) is 27.2 Å². The quantitative estimate of drug-likeness (QED) is 0.323. The smallest absolute Gasteiger partial charge is 0.203 e. The Hall–Kier alpha value is -2.08. The fraction of sp³-hybridized carbons (Fsp3) is 0.238. The lowest BCUT2D eigenvalue weighted by Crippen LogP contribution is -1.97. The standard InChI is InChI=1S/C21H21Cl2N3OS/c1-4-7-27-20-17(22)9-15(10-18(20)23)11-24-26-21-25-19(12-28-21)16-6-5-13(2)14(3)8-16/h5-6,8-12H,4,7H2,1-3H3,(H,25,26)/b24-11-. The van der Waals surface area contributed by atoms with Gasteiger partial charge in [-0.05, 0) is 55.2 Å². The number of aryl methyl sites for hydroxylation is 2. The molecule has 0 fully saturated rings. The third-order valence-electron chi connectivity index (χ3n) is 4.15. The molecular formula is C21H21Cl2N3OS. The number of benzene rings is 2. The van der Waals surface area contributed by atoms with Crippen molar-refractivity contribution in [2.24, 2.45) is 5.10 Å². The third kappa shape index (κ3) is 5.04. The van der Waals surface area contributed by atoms with Crippen LogP contribution in [0, 0.1) is 13.8 Å². The van der Waals surface area contributed by atoms with Gasteiger partial charge in [-0.15, -0.1) is 11.3 Å². The average Bonchev–Trinajstić information content (AvgIpc) is 3.12. The summed E-state index contributed by atoms with van der Waals surface area (Å²) < 4.78 is 5.57. The van der Waals surface area contributed by atoms with Gasteiger partial charge in [0.1, 0.15) is 0 Å². The fourth-order valence-corrected chi connectivity index (χ4v) is 3.80. The van der Waals surface area contributed by atoms with E-state index in [0.717, 1.165) is 23.2 Å². The van der Waals surface area contributed by atoms with Crippen LogP contribution in [0.4, 0.5) is 5.13 Å². The summed E-state index contributed by atoms with van der Waals surface area (Å²) in [6, 6.07) is 9.87. The van der Waals surface area contributed by atoms with Crippen molar-refractivity contribution < 1.29 is 4.74 Å². The Morgan fingerprint density at radius 1 is 1.14 bits per heavy atom. The first kappa shape index (κ1) is 20.6. The van der Waals surface area contributed by atoms with Crippen LogP contribution in [0.15, 0.2) is 40.8 Å². The molecule has 0 saturated carbocycles. The van der Waals surface area contributed by atoms with E-state index in [1.165, 1.54) is 22.5 Å². The molecule has 0 amide bonds. The molecule has 0 atom stereocenters. The van der Waals surface area contributed by atoms with Crippen LogP contribution in [0.2, 0.25) is 10.0 Å². The van der Waals surface area contributed by atoms with Crippen LogP contribution in [-0.4, -0.2) is 17.8 Å². The Labute approximate surface area is 179 Å². The molecule has 1 N–H and O–H groups in total. The summed E-state index contributed by atoms with van der Waals surface area (Å²) in [5.41, 5.74) is 8.27. The van der Waals surface area contributed by atoms with Crippen LogP contribution < -0.4 is 10.2 Å². The van der Waals surface area contributed by atoms with Crippen LogP contribution in [-0.2, 0) is 0 Å². The van der Waals surface area contributed by atoms with Crippen LogP contribution in [0.1, 0.15) is 30.0 Å². The van der Waals surface area contributed by atoms with Crippen molar-refractivity contribution in [3.05, 3.63) is 62.4 Å². The van der Waals surface area contributed by atoms with Gasteiger partial charge in [-0.2, -0.15) is 5.10 Å². The summed E-state index contributed by atoms with van der Waals surface area (Å²) in [5, 5.41) is 7.89. The molecule has 2 aromatic carbocycles. The maximum Gasteiger partial charge on any atom is 0.203 e. The van der Waals surface area contributed by atoms with Gasteiger partial charge in [0.25, 0.3) is 0 Å². The first-order valence-electron chi connectivity index (χ1n) is 8.92. The van der Waals surface area contributed by atoms with Crippen LogP contribution >= 0.6 is 34.5 Å². The van der Waals surface area contributed by atoms with Gasteiger partial charge < -0.3 is 4.74 Å². The summed E-state index contributed by atoms with van der Waals surface area (Å²) in [5.74, 6) is 0.508. The zero-order valence-electron chi connectivity index (χ0n) is 15.9. The maximum absolute atomic E-state index is 6.26. The summed E-state index contributed by atoms with van der Waals surface area (Å²) in [4.78, 5) is 4.59. The highest BCUT2D eigenvalue weighted by molar-refractivity contribution is 7.14. The normalized spacial score (nSPS) is 11.2. The molecule has 0 saturated heterocycles. The van der Waals surface area contributed by atoms with E-state index in [0.29, 0.717) is 27.5 Å². The molecule has 4 nitrogen and oxygen atoms in total. The highest BCUT2D eigenvalue weighted by Gasteiger charge is 2.09. The summed E-state index contributed by atoms with van der Waals surface area (Å²) in [6.45, 7) is 6.80. The zero-order valence-corrected chi connectivity index (χ0v) is 18.3. The molecule has 1 heterocycles. The number of hydrogen-bond acceptors (Lipinski definition) is 5. The fourth-order valence-electron chi connectivity index (χ4n) is 2.52. The van der Waals surface area contributed by atoms with E-state index >= 15 is 0 Å². The summed E-state index contributed by atoms with van der Waals surface area (Å²) in [7, 11) is 0. The number of ether oxygens (including phenoxy) is 1. The van der Waals surface area contributed by atoms with Crippen LogP contribution in [0.25, 0.3) is 11.3 Å². The molecule has 0 unspecified atom stereocenters. The number of aromatic nitrogens is 1. The SMILES string of the molecule is CCCOc1c(Cl)cc(/C=N\Nc2nc(-c3ccc(C)c(C)c3)cs2)cc1Cl. The molecule has 7 heteroatoms. The van der Waals surface area contributed by atoms with Gasteiger partial charge in [-0.3, -0.25) is 5.43 Å². The van der Waals surface area contributed by atoms with E-state index in [4.69, 9.17) is 27.9 Å². The molecular weight excluding hydrogens is 413 g/mol. The number of anilines is 1. The number of nitrogens with zero attached hydrogens (tertiary/aromatic N) is 2. The van der Waals surface area contributed by atoms with Gasteiger partial charge in [0.05, 0.1) is 28.6 Å². The first-order valence-corrected chi connectivity index (χ1v) is 10.6. The second kappa shape index (κ2) is 9.41. The molecule has 0 spiro atoms. The molecule has 1 aromatic heterocycles. The number of hydrogen-bond donors (Lipinski definition) is 1. The monoisotopic (exact) mass is 433 g/mol. The summed E-state index contributed by atoms with van der Waals surface area (Å²) in [6.07, 6.45) is 2.54. The first-order chi connectivity index (χ1) is 13.5. The van der Waals surface area contributed by atoms with E-state index < -0.39 is 0 Å². The van der Waals surface area contributed by atoms with Crippen molar-refractivity contribution >= 4 is 45.9 Å². The minimum absolute atomic E-state index is 0.466. The van der Waals surface area contributed by atoms with E-state index in [1.54, 1.807) is 18.3 Å². The van der Waals surface area contributed by atoms with E-state index in [-0.39, 0.29) is 0 Å². The van der Waals surface area contributed by atoms with Crippen LogP contribution in [0.5, 0.6) is 5.75 Å². The average molecular weight is 434 g/mol. The molecule has 146 valence electrons. The van der Waals surface area contributed by atoms with E-state index in [2.05, 4.69) is 47.6 Å². The van der Waals surface area contributed by atoms with E-state index in [1.807, 2.05) is 12.3 Å². The Balaban J connectivity index is 1.68. The van der Waals surface area contributed by atoms with Gasteiger partial charge in [0, 0.05) is 10.9 Å². The molecule has 0 bridgehead atoms. The number of halogens is 2.